The molecule has 1 aliphatic rings. The summed E-state index contributed by atoms with van der Waals surface area (Å²) in [4.78, 5) is 13.3. The molecule has 0 atom stereocenters. The number of aromatic nitrogens is 3. The summed E-state index contributed by atoms with van der Waals surface area (Å²) in [5.74, 6) is 0.277. The molecule has 0 N–H and O–H groups in total. The van der Waals surface area contributed by atoms with E-state index in [1.807, 2.05) is 24.4 Å². The highest BCUT2D eigenvalue weighted by Crippen LogP contribution is 2.29. The van der Waals surface area contributed by atoms with Crippen molar-refractivity contribution in [3.8, 4) is 11.1 Å². The van der Waals surface area contributed by atoms with E-state index in [0.29, 0.717) is 13.1 Å². The minimum Gasteiger partial charge on any atom is -0.265 e. The van der Waals surface area contributed by atoms with Crippen LogP contribution in [0.2, 0.25) is 0 Å². The molecule has 3 aromatic rings. The first-order chi connectivity index (χ1) is 12.5. The molecule has 4 rings (SSSR count). The Hall–Kier alpha value is -2.38. The van der Waals surface area contributed by atoms with Crippen molar-refractivity contribution in [1.29, 1.82) is 0 Å². The first-order valence-corrected chi connectivity index (χ1v) is 10.5. The number of sulfonamides is 1. The maximum absolute atomic E-state index is 11.6. The lowest BCUT2D eigenvalue weighted by Crippen LogP contribution is -2.37. The topological polar surface area (TPSA) is 76.1 Å². The minimum atomic E-state index is -3.10. The van der Waals surface area contributed by atoms with Crippen LogP contribution in [0.4, 0.5) is 0 Å². The number of nitrogens with zero attached hydrogens (tertiary/aromatic N) is 4. The van der Waals surface area contributed by atoms with Crippen LogP contribution in [-0.2, 0) is 10.0 Å². The van der Waals surface area contributed by atoms with Gasteiger partial charge < -0.3 is 0 Å². The summed E-state index contributed by atoms with van der Waals surface area (Å²) in [6.07, 6.45) is 8.22. The number of hydrogen-bond acceptors (Lipinski definition) is 5. The summed E-state index contributed by atoms with van der Waals surface area (Å²) < 4.78 is 24.8. The molecule has 26 heavy (non-hydrogen) atoms. The fraction of sp³-hybridized carbons (Fsp3) is 0.316. The van der Waals surface area contributed by atoms with Crippen LogP contribution in [0, 0.1) is 0 Å². The van der Waals surface area contributed by atoms with Crippen LogP contribution in [-0.4, -0.2) is 47.0 Å². The van der Waals surface area contributed by atoms with E-state index < -0.39 is 10.0 Å². The maximum atomic E-state index is 11.6. The Balaban J connectivity index is 1.57. The SMILES string of the molecule is CS(=O)(=O)N1CCC(c2ccc3cc(-c4ccncc4)cnc3n2)CC1. The normalized spacial score (nSPS) is 16.8. The molecular weight excluding hydrogens is 348 g/mol. The van der Waals surface area contributed by atoms with Crippen LogP contribution >= 0.6 is 0 Å². The number of rotatable bonds is 3. The van der Waals surface area contributed by atoms with Gasteiger partial charge in [0.15, 0.2) is 5.65 Å². The Morgan fingerprint density at radius 3 is 2.46 bits per heavy atom. The second-order valence-electron chi connectivity index (χ2n) is 6.68. The van der Waals surface area contributed by atoms with Crippen LogP contribution in [0.5, 0.6) is 0 Å². The zero-order chi connectivity index (χ0) is 18.1. The molecule has 0 spiro atoms. The van der Waals surface area contributed by atoms with Crippen LogP contribution < -0.4 is 0 Å². The second kappa shape index (κ2) is 6.74. The van der Waals surface area contributed by atoms with Crippen molar-refractivity contribution in [3.05, 3.63) is 54.6 Å². The molecule has 0 unspecified atom stereocenters. The van der Waals surface area contributed by atoms with Crippen molar-refractivity contribution < 1.29 is 8.42 Å². The van der Waals surface area contributed by atoms with Gasteiger partial charge in [-0.05, 0) is 48.7 Å². The summed E-state index contributed by atoms with van der Waals surface area (Å²) in [5, 5.41) is 0.997. The van der Waals surface area contributed by atoms with Crippen molar-refractivity contribution in [2.75, 3.05) is 19.3 Å². The zero-order valence-corrected chi connectivity index (χ0v) is 15.4. The van der Waals surface area contributed by atoms with Gasteiger partial charge in [-0.3, -0.25) is 4.98 Å². The lowest BCUT2D eigenvalue weighted by Gasteiger charge is -2.29. The molecule has 7 heteroatoms. The smallest absolute Gasteiger partial charge is 0.211 e. The fourth-order valence-corrected chi connectivity index (χ4v) is 4.31. The Morgan fingerprint density at radius 2 is 1.77 bits per heavy atom. The largest absolute Gasteiger partial charge is 0.265 e. The fourth-order valence-electron chi connectivity index (χ4n) is 3.44. The van der Waals surface area contributed by atoms with Gasteiger partial charge >= 0.3 is 0 Å². The molecule has 0 bridgehead atoms. The van der Waals surface area contributed by atoms with Crippen LogP contribution in [0.25, 0.3) is 22.2 Å². The molecule has 0 aromatic carbocycles. The van der Waals surface area contributed by atoms with Gasteiger partial charge in [-0.1, -0.05) is 0 Å². The molecule has 1 saturated heterocycles. The Bertz CT molecular complexity index is 1030. The van der Waals surface area contributed by atoms with E-state index >= 15 is 0 Å². The van der Waals surface area contributed by atoms with E-state index in [0.717, 1.165) is 40.7 Å². The molecule has 3 aromatic heterocycles. The molecule has 0 radical (unpaired) electrons. The monoisotopic (exact) mass is 368 g/mol. The lowest BCUT2D eigenvalue weighted by molar-refractivity contribution is 0.319. The van der Waals surface area contributed by atoms with Crippen molar-refractivity contribution in [2.45, 2.75) is 18.8 Å². The van der Waals surface area contributed by atoms with E-state index in [1.165, 1.54) is 6.26 Å². The summed E-state index contributed by atoms with van der Waals surface area (Å²) in [7, 11) is -3.10. The van der Waals surface area contributed by atoms with E-state index in [2.05, 4.69) is 22.1 Å². The van der Waals surface area contributed by atoms with Gasteiger partial charge in [-0.2, -0.15) is 0 Å². The van der Waals surface area contributed by atoms with Gasteiger partial charge in [-0.25, -0.2) is 22.7 Å². The van der Waals surface area contributed by atoms with Crippen LogP contribution in [0.3, 0.4) is 0 Å². The first-order valence-electron chi connectivity index (χ1n) is 8.63. The standard InChI is InChI=1S/C19H20N4O2S/c1-26(24,25)23-10-6-15(7-11-23)18-3-2-16-12-17(13-21-19(16)22-18)14-4-8-20-9-5-14/h2-5,8-9,12-13,15H,6-7,10-11H2,1H3. The molecule has 0 aliphatic carbocycles. The molecule has 6 nitrogen and oxygen atoms in total. The number of hydrogen-bond donors (Lipinski definition) is 0. The van der Waals surface area contributed by atoms with Gasteiger partial charge in [0.2, 0.25) is 10.0 Å². The van der Waals surface area contributed by atoms with Crippen molar-refractivity contribution in [3.63, 3.8) is 0 Å². The van der Waals surface area contributed by atoms with Gasteiger partial charge in [0.25, 0.3) is 0 Å². The molecule has 4 heterocycles. The third-order valence-electron chi connectivity index (χ3n) is 4.92. The van der Waals surface area contributed by atoms with Crippen LogP contribution in [0.1, 0.15) is 24.5 Å². The minimum absolute atomic E-state index is 0.277. The third-order valence-corrected chi connectivity index (χ3v) is 6.22. The number of fused-ring (bicyclic) bond motifs is 1. The molecule has 1 aliphatic heterocycles. The highest BCUT2D eigenvalue weighted by molar-refractivity contribution is 7.88. The highest BCUT2D eigenvalue weighted by atomic mass is 32.2. The molecule has 0 amide bonds. The number of pyridine rings is 3. The van der Waals surface area contributed by atoms with Crippen molar-refractivity contribution in [1.82, 2.24) is 19.3 Å². The Morgan fingerprint density at radius 1 is 1.04 bits per heavy atom. The predicted octanol–water partition coefficient (Wildman–Crippen LogP) is 2.83. The second-order valence-corrected chi connectivity index (χ2v) is 8.66. The van der Waals surface area contributed by atoms with Crippen molar-refractivity contribution >= 4 is 21.1 Å². The van der Waals surface area contributed by atoms with E-state index in [4.69, 9.17) is 4.98 Å². The Kier molecular flexibility index (Phi) is 4.42. The summed E-state index contributed by atoms with van der Waals surface area (Å²) >= 11 is 0. The lowest BCUT2D eigenvalue weighted by atomic mass is 9.94. The quantitative estimate of drug-likeness (QED) is 0.710. The van der Waals surface area contributed by atoms with E-state index in [-0.39, 0.29) is 5.92 Å². The summed E-state index contributed by atoms with van der Waals surface area (Å²) in [6, 6.07) is 10.1. The molecule has 1 fully saturated rings. The number of piperidine rings is 1. The average molecular weight is 368 g/mol. The summed E-state index contributed by atoms with van der Waals surface area (Å²) in [5.41, 5.74) is 3.84. The maximum Gasteiger partial charge on any atom is 0.211 e. The first kappa shape index (κ1) is 17.1. The van der Waals surface area contributed by atoms with Crippen LogP contribution in [0.15, 0.2) is 48.9 Å². The van der Waals surface area contributed by atoms with E-state index in [9.17, 15) is 8.42 Å². The Labute approximate surface area is 153 Å². The summed E-state index contributed by atoms with van der Waals surface area (Å²) in [6.45, 7) is 1.11. The van der Waals surface area contributed by atoms with Gasteiger partial charge in [0.1, 0.15) is 0 Å². The highest BCUT2D eigenvalue weighted by Gasteiger charge is 2.26. The molecule has 134 valence electrons. The van der Waals surface area contributed by atoms with Gasteiger partial charge in [-0.15, -0.1) is 0 Å². The predicted molar refractivity (Wildman–Crippen MR) is 101 cm³/mol. The molecule has 0 saturated carbocycles. The van der Waals surface area contributed by atoms with Gasteiger partial charge in [0.05, 0.1) is 6.26 Å². The third kappa shape index (κ3) is 3.45. The molecular formula is C19H20N4O2S. The zero-order valence-electron chi connectivity index (χ0n) is 14.5. The van der Waals surface area contributed by atoms with E-state index in [1.54, 1.807) is 16.7 Å². The average Bonchev–Trinajstić information content (AvgIpc) is 2.67. The van der Waals surface area contributed by atoms with Gasteiger partial charge in [0, 0.05) is 54.2 Å². The van der Waals surface area contributed by atoms with Crippen molar-refractivity contribution in [2.24, 2.45) is 0 Å².